The Hall–Kier alpha value is -2.16. The minimum atomic E-state index is -0.893. The van der Waals surface area contributed by atoms with Gasteiger partial charge in [0.25, 0.3) is 0 Å². The number of aliphatic carboxylic acids is 1. The number of carbonyl (C=O) groups excluding carboxylic acids is 1. The Kier molecular flexibility index (Phi) is 15.4. The molecular weight excluding hydrogens is 472 g/mol. The average molecular weight is 523 g/mol. The lowest BCUT2D eigenvalue weighted by atomic mass is 9.81. The van der Waals surface area contributed by atoms with E-state index in [0.29, 0.717) is 32.0 Å². The molecule has 8 nitrogen and oxygen atoms in total. The van der Waals surface area contributed by atoms with Gasteiger partial charge >= 0.3 is 5.97 Å². The van der Waals surface area contributed by atoms with Crippen molar-refractivity contribution >= 4 is 11.9 Å². The largest absolute Gasteiger partial charge is 0.493 e. The summed E-state index contributed by atoms with van der Waals surface area (Å²) in [5, 5.41) is 22.8. The fourth-order valence-corrected chi connectivity index (χ4v) is 4.51. The molecule has 1 rings (SSSR count). The molecule has 0 aromatic heterocycles. The molecule has 0 spiro atoms. The fraction of sp³-hybridized carbons (Fsp3) is 0.724. The molecule has 212 valence electrons. The van der Waals surface area contributed by atoms with Gasteiger partial charge in [0.2, 0.25) is 5.91 Å². The van der Waals surface area contributed by atoms with Crippen LogP contribution in [0.2, 0.25) is 0 Å². The Morgan fingerprint density at radius 1 is 1.05 bits per heavy atom. The summed E-state index contributed by atoms with van der Waals surface area (Å²) in [5.41, 5.74) is 8.59. The smallest absolute Gasteiger partial charge is 0.306 e. The van der Waals surface area contributed by atoms with Crippen molar-refractivity contribution in [1.82, 2.24) is 5.32 Å². The third-order valence-electron chi connectivity index (χ3n) is 7.14. The van der Waals surface area contributed by atoms with E-state index in [2.05, 4.69) is 37.4 Å². The normalized spacial score (nSPS) is 14.9. The molecule has 0 unspecified atom stereocenters. The first kappa shape index (κ1) is 32.9. The number of rotatable bonds is 19. The number of ether oxygens (including phenoxy) is 2. The molecule has 5 N–H and O–H groups in total. The van der Waals surface area contributed by atoms with Gasteiger partial charge in [0, 0.05) is 39.6 Å². The number of methoxy groups -OCH3 is 1. The maximum absolute atomic E-state index is 11.6. The summed E-state index contributed by atoms with van der Waals surface area (Å²) in [4.78, 5) is 23.2. The highest BCUT2D eigenvalue weighted by Gasteiger charge is 2.29. The lowest BCUT2D eigenvalue weighted by molar-refractivity contribution is -0.144. The predicted octanol–water partition coefficient (Wildman–Crippen LogP) is 3.81. The van der Waals surface area contributed by atoms with Crippen LogP contribution in [0.25, 0.3) is 0 Å². The second kappa shape index (κ2) is 17.4. The summed E-state index contributed by atoms with van der Waals surface area (Å²) < 4.78 is 11.2. The van der Waals surface area contributed by atoms with Crippen LogP contribution in [0.15, 0.2) is 18.2 Å². The van der Waals surface area contributed by atoms with E-state index in [1.807, 2.05) is 13.8 Å². The van der Waals surface area contributed by atoms with Crippen molar-refractivity contribution in [2.24, 2.45) is 29.4 Å². The van der Waals surface area contributed by atoms with Gasteiger partial charge in [-0.2, -0.15) is 0 Å². The number of hydrogen-bond acceptors (Lipinski definition) is 6. The van der Waals surface area contributed by atoms with Gasteiger partial charge in [0.1, 0.15) is 5.75 Å². The van der Waals surface area contributed by atoms with E-state index in [1.165, 1.54) is 0 Å². The van der Waals surface area contributed by atoms with E-state index in [4.69, 9.17) is 15.2 Å². The Labute approximate surface area is 223 Å². The molecule has 8 heteroatoms. The molecule has 1 aromatic carbocycles. The highest BCUT2D eigenvalue weighted by Crippen LogP contribution is 2.29. The van der Waals surface area contributed by atoms with Crippen LogP contribution >= 0.6 is 0 Å². The number of amides is 1. The Balaban J connectivity index is 2.95. The third kappa shape index (κ3) is 12.3. The number of carboxylic acids is 1. The zero-order valence-corrected chi connectivity index (χ0v) is 23.7. The van der Waals surface area contributed by atoms with Crippen LogP contribution < -0.4 is 15.8 Å². The van der Waals surface area contributed by atoms with E-state index in [9.17, 15) is 19.8 Å². The van der Waals surface area contributed by atoms with Gasteiger partial charge in [-0.15, -0.1) is 0 Å². The van der Waals surface area contributed by atoms with Crippen LogP contribution in [-0.2, 0) is 27.2 Å². The third-order valence-corrected chi connectivity index (χ3v) is 7.14. The van der Waals surface area contributed by atoms with E-state index < -0.39 is 24.0 Å². The van der Waals surface area contributed by atoms with Crippen molar-refractivity contribution in [3.05, 3.63) is 29.3 Å². The maximum atomic E-state index is 11.6. The lowest BCUT2D eigenvalue weighted by Crippen LogP contribution is -2.40. The molecular formula is C29H50N2O6. The van der Waals surface area contributed by atoms with Crippen LogP contribution in [0.3, 0.4) is 0 Å². The Bertz CT molecular complexity index is 814. The van der Waals surface area contributed by atoms with Gasteiger partial charge < -0.3 is 30.7 Å². The molecule has 0 aliphatic carbocycles. The molecule has 1 aromatic rings. The van der Waals surface area contributed by atoms with E-state index in [1.54, 1.807) is 14.2 Å². The molecule has 37 heavy (non-hydrogen) atoms. The zero-order valence-electron chi connectivity index (χ0n) is 23.7. The lowest BCUT2D eigenvalue weighted by Gasteiger charge is -2.29. The first-order chi connectivity index (χ1) is 17.5. The van der Waals surface area contributed by atoms with Crippen LogP contribution in [0.4, 0.5) is 0 Å². The highest BCUT2D eigenvalue weighted by molar-refractivity contribution is 5.75. The molecule has 1 amide bonds. The second-order valence-electron chi connectivity index (χ2n) is 10.8. The fourth-order valence-electron chi connectivity index (χ4n) is 4.51. The van der Waals surface area contributed by atoms with Crippen molar-refractivity contribution in [2.75, 3.05) is 27.4 Å². The molecule has 0 bridgehead atoms. The molecule has 0 fully saturated rings. The number of nitrogens with one attached hydrogen (secondary N) is 1. The average Bonchev–Trinajstić information content (AvgIpc) is 2.84. The van der Waals surface area contributed by atoms with E-state index in [-0.39, 0.29) is 24.2 Å². The number of carbonyl (C=O) groups is 2. The van der Waals surface area contributed by atoms with Crippen LogP contribution in [-0.4, -0.2) is 61.6 Å². The van der Waals surface area contributed by atoms with Gasteiger partial charge in [0.15, 0.2) is 0 Å². The quantitative estimate of drug-likeness (QED) is 0.203. The standard InChI is InChI=1S/C29H50N2O6/c1-19(2)23(17-25(30)26(32)18-24(20(3)4)29(34)35)15-21-11-12-22(9-7-10-28(33)31-5)27(16-21)37-14-8-13-36-6/h11-12,16,19-20,23-26,32H,7-10,13-15,17-18,30H2,1-6H3,(H,31,33)(H,34,35)/t23-,24-,25-,26-/m0/s1. The molecule has 0 aliphatic rings. The zero-order chi connectivity index (χ0) is 28.0. The number of carboxylic acid groups (broad SMARTS) is 1. The van der Waals surface area contributed by atoms with Gasteiger partial charge in [-0.05, 0) is 67.1 Å². The molecule has 0 aliphatic heterocycles. The monoisotopic (exact) mass is 522 g/mol. The number of aliphatic hydroxyl groups excluding tert-OH is 1. The van der Waals surface area contributed by atoms with Crippen LogP contribution in [0, 0.1) is 23.7 Å². The van der Waals surface area contributed by atoms with E-state index >= 15 is 0 Å². The molecule has 0 saturated heterocycles. The number of hydrogen-bond donors (Lipinski definition) is 4. The molecule has 4 atom stereocenters. The van der Waals surface area contributed by atoms with Crippen molar-refractivity contribution in [2.45, 2.75) is 84.8 Å². The number of nitrogens with two attached hydrogens (primary N) is 1. The summed E-state index contributed by atoms with van der Waals surface area (Å²) >= 11 is 0. The number of benzene rings is 1. The van der Waals surface area contributed by atoms with Crippen LogP contribution in [0.1, 0.15) is 70.9 Å². The minimum Gasteiger partial charge on any atom is -0.493 e. The Morgan fingerprint density at radius 2 is 1.76 bits per heavy atom. The van der Waals surface area contributed by atoms with Crippen molar-refractivity contribution in [1.29, 1.82) is 0 Å². The predicted molar refractivity (Wildman–Crippen MR) is 147 cm³/mol. The van der Waals surface area contributed by atoms with Gasteiger partial charge in [-0.25, -0.2) is 0 Å². The van der Waals surface area contributed by atoms with Crippen LogP contribution in [0.5, 0.6) is 5.75 Å². The highest BCUT2D eigenvalue weighted by atomic mass is 16.5. The molecule has 0 heterocycles. The minimum absolute atomic E-state index is 0.0283. The van der Waals surface area contributed by atoms with Gasteiger partial charge in [-0.3, -0.25) is 9.59 Å². The first-order valence-corrected chi connectivity index (χ1v) is 13.6. The summed E-state index contributed by atoms with van der Waals surface area (Å²) in [6, 6.07) is 5.77. The van der Waals surface area contributed by atoms with Crippen molar-refractivity contribution < 1.29 is 29.3 Å². The molecule has 0 saturated carbocycles. The van der Waals surface area contributed by atoms with E-state index in [0.717, 1.165) is 42.6 Å². The topological polar surface area (TPSA) is 131 Å². The van der Waals surface area contributed by atoms with Gasteiger partial charge in [-0.1, -0.05) is 39.8 Å². The summed E-state index contributed by atoms with van der Waals surface area (Å²) in [6.07, 6.45) is 3.40. The molecule has 0 radical (unpaired) electrons. The van der Waals surface area contributed by atoms with Gasteiger partial charge in [0.05, 0.1) is 18.6 Å². The van der Waals surface area contributed by atoms with Crippen molar-refractivity contribution in [3.8, 4) is 5.75 Å². The number of aryl methyl sites for hydroxylation is 1. The SMILES string of the molecule is CNC(=O)CCCc1ccc(C[C@@H](C[C@H](N)[C@@H](O)C[C@H](C(=O)O)C(C)C)C(C)C)cc1OCCCOC. The summed E-state index contributed by atoms with van der Waals surface area (Å²) in [5.74, 6) is -0.177. The number of aliphatic hydroxyl groups is 1. The first-order valence-electron chi connectivity index (χ1n) is 13.6. The second-order valence-corrected chi connectivity index (χ2v) is 10.8. The van der Waals surface area contributed by atoms with Crippen molar-refractivity contribution in [3.63, 3.8) is 0 Å². The summed E-state index contributed by atoms with van der Waals surface area (Å²) in [7, 11) is 3.31. The summed E-state index contributed by atoms with van der Waals surface area (Å²) in [6.45, 7) is 9.17. The maximum Gasteiger partial charge on any atom is 0.306 e. The Morgan fingerprint density at radius 3 is 2.32 bits per heavy atom.